The van der Waals surface area contributed by atoms with Crippen LogP contribution in [-0.2, 0) is 0 Å². The number of hydrogen-bond acceptors (Lipinski definition) is 4. The molecule has 0 spiro atoms. The fourth-order valence-electron chi connectivity index (χ4n) is 1.74. The average molecular weight is 228 g/mol. The van der Waals surface area contributed by atoms with Crippen LogP contribution in [0, 0.1) is 0 Å². The number of anilines is 2. The molecule has 0 unspecified atom stereocenters. The van der Waals surface area contributed by atoms with Crippen molar-refractivity contribution in [2.24, 2.45) is 0 Å². The van der Waals surface area contributed by atoms with Gasteiger partial charge in [0.05, 0.1) is 5.69 Å². The zero-order valence-electron chi connectivity index (χ0n) is 10.0. The Morgan fingerprint density at radius 3 is 2.59 bits per heavy atom. The second-order valence-electron chi connectivity index (χ2n) is 4.31. The molecule has 4 N–H and O–H groups in total. The highest BCUT2D eigenvalue weighted by Gasteiger charge is 2.11. The van der Waals surface area contributed by atoms with Crippen LogP contribution in [0.3, 0.4) is 0 Å². The molecular weight excluding hydrogens is 212 g/mol. The Labute approximate surface area is 101 Å². The van der Waals surface area contributed by atoms with Crippen LogP contribution >= 0.6 is 0 Å². The third-order valence-electron chi connectivity index (χ3n) is 2.62. The lowest BCUT2D eigenvalue weighted by molar-refractivity contribution is 0.851. The summed E-state index contributed by atoms with van der Waals surface area (Å²) in [5.41, 5.74) is 15.1. The molecule has 0 saturated carbocycles. The van der Waals surface area contributed by atoms with Gasteiger partial charge in [-0.2, -0.15) is 0 Å². The lowest BCUT2D eigenvalue weighted by atomic mass is 9.98. The molecule has 88 valence electrons. The predicted octanol–water partition coefficient (Wildman–Crippen LogP) is 2.43. The fourth-order valence-corrected chi connectivity index (χ4v) is 1.74. The Hall–Kier alpha value is -2.10. The Morgan fingerprint density at radius 2 is 1.94 bits per heavy atom. The molecule has 1 aromatic carbocycles. The van der Waals surface area contributed by atoms with Gasteiger partial charge in [-0.05, 0) is 23.6 Å². The number of nitrogens with two attached hydrogens (primary N) is 2. The van der Waals surface area contributed by atoms with E-state index < -0.39 is 0 Å². The summed E-state index contributed by atoms with van der Waals surface area (Å²) in [5, 5.41) is 0. The van der Waals surface area contributed by atoms with Crippen molar-refractivity contribution in [2.75, 3.05) is 11.5 Å². The van der Waals surface area contributed by atoms with Crippen molar-refractivity contribution < 1.29 is 0 Å². The van der Waals surface area contributed by atoms with Gasteiger partial charge in [0.25, 0.3) is 0 Å². The summed E-state index contributed by atoms with van der Waals surface area (Å²) in [4.78, 5) is 8.36. The van der Waals surface area contributed by atoms with Gasteiger partial charge >= 0.3 is 0 Å². The smallest absolute Gasteiger partial charge is 0.220 e. The van der Waals surface area contributed by atoms with Gasteiger partial charge in [0.1, 0.15) is 0 Å². The van der Waals surface area contributed by atoms with Crippen molar-refractivity contribution in [3.63, 3.8) is 0 Å². The molecule has 2 rings (SSSR count). The summed E-state index contributed by atoms with van der Waals surface area (Å²) < 4.78 is 0. The summed E-state index contributed by atoms with van der Waals surface area (Å²) in [7, 11) is 0. The molecule has 1 aromatic heterocycles. The van der Waals surface area contributed by atoms with Crippen LogP contribution in [0.5, 0.6) is 0 Å². The van der Waals surface area contributed by atoms with Crippen molar-refractivity contribution in [1.29, 1.82) is 0 Å². The Kier molecular flexibility index (Phi) is 2.95. The SMILES string of the molecule is CC(C)c1cnc(N)nc1-c1cccc(N)c1. The number of rotatable bonds is 2. The molecule has 0 bridgehead atoms. The van der Waals surface area contributed by atoms with Gasteiger partial charge in [0.15, 0.2) is 0 Å². The van der Waals surface area contributed by atoms with Crippen LogP contribution in [0.15, 0.2) is 30.5 Å². The maximum absolute atomic E-state index is 5.79. The first-order chi connectivity index (χ1) is 8.08. The van der Waals surface area contributed by atoms with Gasteiger partial charge in [-0.25, -0.2) is 9.97 Å². The predicted molar refractivity (Wildman–Crippen MR) is 70.4 cm³/mol. The molecule has 0 fully saturated rings. The minimum Gasteiger partial charge on any atom is -0.399 e. The first-order valence-corrected chi connectivity index (χ1v) is 5.56. The second kappa shape index (κ2) is 4.41. The molecule has 0 radical (unpaired) electrons. The number of benzene rings is 1. The van der Waals surface area contributed by atoms with Gasteiger partial charge < -0.3 is 11.5 Å². The van der Waals surface area contributed by atoms with E-state index in [0.29, 0.717) is 5.92 Å². The topological polar surface area (TPSA) is 77.8 Å². The molecule has 0 aliphatic carbocycles. The van der Waals surface area contributed by atoms with E-state index in [1.54, 1.807) is 6.20 Å². The molecule has 0 saturated heterocycles. The first kappa shape index (κ1) is 11.4. The van der Waals surface area contributed by atoms with Crippen molar-refractivity contribution in [2.45, 2.75) is 19.8 Å². The maximum atomic E-state index is 5.79. The van der Waals surface area contributed by atoms with Crippen LogP contribution in [0.4, 0.5) is 11.6 Å². The highest BCUT2D eigenvalue weighted by Crippen LogP contribution is 2.28. The molecule has 1 heterocycles. The summed E-state index contributed by atoms with van der Waals surface area (Å²) in [6, 6.07) is 7.63. The molecule has 0 aliphatic heterocycles. The molecule has 0 atom stereocenters. The van der Waals surface area contributed by atoms with E-state index >= 15 is 0 Å². The van der Waals surface area contributed by atoms with Crippen molar-refractivity contribution in [3.05, 3.63) is 36.0 Å². The molecular formula is C13H16N4. The van der Waals surface area contributed by atoms with Crippen LogP contribution in [0.25, 0.3) is 11.3 Å². The zero-order chi connectivity index (χ0) is 12.4. The normalized spacial score (nSPS) is 10.8. The third kappa shape index (κ3) is 2.36. The fraction of sp³-hybridized carbons (Fsp3) is 0.231. The minimum absolute atomic E-state index is 0.284. The Bertz CT molecular complexity index is 535. The molecule has 17 heavy (non-hydrogen) atoms. The van der Waals surface area contributed by atoms with Crippen LogP contribution in [0.2, 0.25) is 0 Å². The van der Waals surface area contributed by atoms with Gasteiger partial charge in [-0.3, -0.25) is 0 Å². The van der Waals surface area contributed by atoms with E-state index in [2.05, 4.69) is 23.8 Å². The lowest BCUT2D eigenvalue weighted by Gasteiger charge is -2.12. The van der Waals surface area contributed by atoms with Crippen LogP contribution < -0.4 is 11.5 Å². The zero-order valence-corrected chi connectivity index (χ0v) is 10.0. The van der Waals surface area contributed by atoms with Crippen LogP contribution in [0.1, 0.15) is 25.3 Å². The number of nitrogen functional groups attached to an aromatic ring is 2. The summed E-state index contributed by atoms with van der Waals surface area (Å²) >= 11 is 0. The van der Waals surface area contributed by atoms with Crippen LogP contribution in [-0.4, -0.2) is 9.97 Å². The second-order valence-corrected chi connectivity index (χ2v) is 4.31. The highest BCUT2D eigenvalue weighted by atomic mass is 15.0. The van der Waals surface area contributed by atoms with E-state index in [0.717, 1.165) is 22.5 Å². The molecule has 0 aliphatic rings. The molecule has 0 amide bonds. The quantitative estimate of drug-likeness (QED) is 0.774. The highest BCUT2D eigenvalue weighted by molar-refractivity contribution is 5.67. The summed E-state index contributed by atoms with van der Waals surface area (Å²) in [5.74, 6) is 0.624. The molecule has 2 aromatic rings. The third-order valence-corrected chi connectivity index (χ3v) is 2.62. The van der Waals surface area contributed by atoms with Gasteiger partial charge in [0.2, 0.25) is 5.95 Å². The molecule has 4 nitrogen and oxygen atoms in total. The van der Waals surface area contributed by atoms with E-state index in [1.165, 1.54) is 0 Å². The standard InChI is InChI=1S/C13H16N4/c1-8(2)11-7-16-13(15)17-12(11)9-4-3-5-10(14)6-9/h3-8H,14H2,1-2H3,(H2,15,16,17). The van der Waals surface area contributed by atoms with Crippen molar-refractivity contribution >= 4 is 11.6 Å². The van der Waals surface area contributed by atoms with E-state index in [4.69, 9.17) is 11.5 Å². The van der Waals surface area contributed by atoms with E-state index in [1.807, 2.05) is 24.3 Å². The maximum Gasteiger partial charge on any atom is 0.220 e. The van der Waals surface area contributed by atoms with Crippen molar-refractivity contribution in [1.82, 2.24) is 9.97 Å². The summed E-state index contributed by atoms with van der Waals surface area (Å²) in [6.45, 7) is 4.20. The number of nitrogens with zero attached hydrogens (tertiary/aromatic N) is 2. The lowest BCUT2D eigenvalue weighted by Crippen LogP contribution is -2.02. The monoisotopic (exact) mass is 228 g/mol. The average Bonchev–Trinajstić information content (AvgIpc) is 2.28. The van der Waals surface area contributed by atoms with Crippen molar-refractivity contribution in [3.8, 4) is 11.3 Å². The molecule has 4 heteroatoms. The van der Waals surface area contributed by atoms with Gasteiger partial charge in [-0.15, -0.1) is 0 Å². The van der Waals surface area contributed by atoms with Gasteiger partial charge in [-0.1, -0.05) is 26.0 Å². The number of aromatic nitrogens is 2. The van der Waals surface area contributed by atoms with E-state index in [9.17, 15) is 0 Å². The Balaban J connectivity index is 2.61. The first-order valence-electron chi connectivity index (χ1n) is 5.56. The van der Waals surface area contributed by atoms with Gasteiger partial charge in [0, 0.05) is 17.4 Å². The minimum atomic E-state index is 0.284. The Morgan fingerprint density at radius 1 is 1.18 bits per heavy atom. The van der Waals surface area contributed by atoms with E-state index in [-0.39, 0.29) is 5.95 Å². The largest absolute Gasteiger partial charge is 0.399 e. The summed E-state index contributed by atoms with van der Waals surface area (Å²) in [6.07, 6.45) is 1.78. The number of hydrogen-bond donors (Lipinski definition) is 2.